The molecule has 82 heavy (non-hydrogen) atoms. The Bertz CT molecular complexity index is 3110. The quantitative estimate of drug-likeness (QED) is 0.00587. The number of nitrogens with one attached hydrogen (secondary N) is 5. The minimum Gasteiger partial charge on any atom is -0.565 e. The number of aliphatic hydroxyl groups is 1. The number of aromatic nitrogens is 3. The molecule has 1 atom stereocenters. The number of hydrazone groups is 1. The number of aromatic amines is 3. The maximum atomic E-state index is 10.7. The molecule has 0 aliphatic carbocycles. The van der Waals surface area contributed by atoms with Gasteiger partial charge < -0.3 is 48.3 Å². The Morgan fingerprint density at radius 3 is 1.49 bits per heavy atom. The predicted octanol–water partition coefficient (Wildman–Crippen LogP) is 14.5. The third kappa shape index (κ3) is 32.9. The van der Waals surface area contributed by atoms with Gasteiger partial charge in [0, 0.05) is 129 Å². The number of aldehydes is 1. The van der Waals surface area contributed by atoms with Crippen LogP contribution in [0.5, 0.6) is 0 Å². The van der Waals surface area contributed by atoms with Crippen LogP contribution < -0.4 is 27.3 Å². The molecule has 5 aromatic carbocycles. The summed E-state index contributed by atoms with van der Waals surface area (Å²) in [4.78, 5) is 67.3. The first-order valence-corrected chi connectivity index (χ1v) is 22.8. The number of anilines is 3. The second kappa shape index (κ2) is 49.9. The van der Waals surface area contributed by atoms with Crippen LogP contribution in [0.4, 0.5) is 39.8 Å². The first-order valence-electron chi connectivity index (χ1n) is 21.7. The number of aryl methyl sites for hydroxylation is 3. The molecule has 0 saturated heterocycles. The van der Waals surface area contributed by atoms with E-state index in [2.05, 4.69) is 42.5 Å². The van der Waals surface area contributed by atoms with Crippen LogP contribution in [-0.2, 0) is 34.5 Å². The van der Waals surface area contributed by atoms with Crippen molar-refractivity contribution < 1.29 is 70.8 Å². The van der Waals surface area contributed by atoms with Crippen molar-refractivity contribution in [3.05, 3.63) is 186 Å². The number of non-ortho nitro benzene ring substituents is 4. The fraction of sp³-hybridized carbons (Fsp3) is 0.264. The Hall–Kier alpha value is -8.09. The van der Waals surface area contributed by atoms with Gasteiger partial charge in [0.2, 0.25) is 0 Å². The molecule has 3 aromatic heterocycles. The van der Waals surface area contributed by atoms with Crippen LogP contribution in [0.3, 0.4) is 0 Å². The summed E-state index contributed by atoms with van der Waals surface area (Å²) in [5.74, 6) is 5.05. The molecule has 26 nitrogen and oxygen atoms in total. The number of aliphatic hydroxyl groups excluding tert-OH is 1. The zero-order chi connectivity index (χ0) is 55.8. The Kier molecular flexibility index (Phi) is 55.1. The molecule has 29 heteroatoms. The summed E-state index contributed by atoms with van der Waals surface area (Å²) in [7, 11) is -3.04. The van der Waals surface area contributed by atoms with Crippen molar-refractivity contribution in [2.24, 2.45) is 10.9 Å². The number of hydrogen-bond donors (Lipinski definition) is 9. The number of rotatable bonds is 10. The van der Waals surface area contributed by atoms with Crippen LogP contribution in [0, 0.1) is 68.7 Å². The first-order chi connectivity index (χ1) is 35.2. The topological polar surface area (TPSA) is 415 Å². The van der Waals surface area contributed by atoms with E-state index in [9.17, 15) is 45.3 Å². The fourth-order valence-corrected chi connectivity index (χ4v) is 5.76. The number of nitrogens with zero attached hydrogens (tertiary/aromatic N) is 5. The van der Waals surface area contributed by atoms with Crippen molar-refractivity contribution in [3.8, 4) is 0 Å². The number of nitro benzene ring substituents is 4. The summed E-state index contributed by atoms with van der Waals surface area (Å²) < 4.78 is 11.6. The van der Waals surface area contributed by atoms with Gasteiger partial charge in [0.1, 0.15) is 6.29 Å². The van der Waals surface area contributed by atoms with Crippen molar-refractivity contribution in [3.63, 3.8) is 0 Å². The number of carbonyl (C=O) groups is 1. The van der Waals surface area contributed by atoms with E-state index in [1.165, 1.54) is 47.3 Å². The van der Waals surface area contributed by atoms with Crippen LogP contribution in [0.2, 0.25) is 0 Å². The third-order valence-electron chi connectivity index (χ3n) is 9.05. The van der Waals surface area contributed by atoms with Crippen molar-refractivity contribution in [2.45, 2.75) is 91.5 Å². The SMILES string of the molecule is C.C.C.C.C.CC/C=N/Nc1cccc([N+](=O)[O-])c1.CCC=O.CCO.Cc1c[nH]c2cc(N)ccc12.Cc1c[nH]c2cc([N+](=O)[O-])ccc12.Cc1c[nH]c2cccc([N+](=O)[O-])c12.Cl.NNc1cccc([N+](=O)[O-])c1.O=[P+]([O-])OO.[CH3-].[HH].[Pd]. The molecular weight excluding hydrogens is 1200 g/mol. The Balaban J connectivity index is -0.000000110. The Morgan fingerprint density at radius 1 is 0.659 bits per heavy atom. The second-order valence-electron chi connectivity index (χ2n) is 14.5. The van der Waals surface area contributed by atoms with Gasteiger partial charge in [-0.05, 0) is 91.8 Å². The molecule has 0 spiro atoms. The van der Waals surface area contributed by atoms with E-state index in [0.717, 1.165) is 51.5 Å². The summed E-state index contributed by atoms with van der Waals surface area (Å²) in [5, 5.41) is 63.2. The van der Waals surface area contributed by atoms with Crippen LogP contribution in [0.1, 0.15) is 88.9 Å². The summed E-state index contributed by atoms with van der Waals surface area (Å²) in [5.41, 5.74) is 19.0. The van der Waals surface area contributed by atoms with E-state index < -0.39 is 23.0 Å². The van der Waals surface area contributed by atoms with Crippen LogP contribution >= 0.6 is 20.7 Å². The average molecular weight is 1290 g/mol. The molecule has 0 saturated carbocycles. The molecule has 0 aliphatic rings. The molecule has 3 heterocycles. The Morgan fingerprint density at radius 2 is 1.06 bits per heavy atom. The van der Waals surface area contributed by atoms with E-state index in [1.54, 1.807) is 61.8 Å². The molecule has 0 bridgehead atoms. The Labute approximate surface area is 501 Å². The van der Waals surface area contributed by atoms with E-state index in [0.29, 0.717) is 23.2 Å². The van der Waals surface area contributed by atoms with Gasteiger partial charge >= 0.3 is 8.25 Å². The number of hydrazine groups is 1. The number of halogens is 1. The molecular formula is C53H83ClN12O14PPd-. The number of H-pyrrole nitrogens is 3. The molecule has 8 aromatic rings. The fourth-order valence-electron chi connectivity index (χ4n) is 5.76. The first kappa shape index (κ1) is 90.4. The van der Waals surface area contributed by atoms with Gasteiger partial charge in [-0.15, -0.1) is 12.4 Å². The number of carbonyl (C=O) groups excluding carboxylic acids is 1. The van der Waals surface area contributed by atoms with Crippen molar-refractivity contribution in [2.75, 3.05) is 23.2 Å². The minimum atomic E-state index is -3.04. The van der Waals surface area contributed by atoms with Crippen LogP contribution in [0.15, 0.2) is 127 Å². The van der Waals surface area contributed by atoms with Crippen molar-refractivity contribution >= 4 is 106 Å². The van der Waals surface area contributed by atoms with Gasteiger partial charge in [-0.2, -0.15) is 5.10 Å². The standard InChI is InChI=1S/C9H11N3O2.2C9H8N2O2.C9H10N2.C6H7N3O2.C3H6O.C2H6O.5CH4.CH3.ClH.HO4P.Pd.H2/c1-2-6-10-11-8-4-3-5-9(7-8)12(13)14;1-6-5-10-9-4-7(11(12)13)2-3-8(6)9;1-6-5-10-7-3-2-4-8(9(6)7)11(12)13;1-6-5-11-9-4-7(10)2-3-8(6)9;7-8-5-2-1-3-6(4-5)9(10)11;1-2-3-4;1-2-3;;;;;;;;1-4-5(2)3;;/h3-7,11H,2H2,1H3;2*2-5,10H,1H3;2-5,11H,10H2,1H3;1-4,8H,7H2;3H,2H2,1H3;3H,2H2,1H3;5*1H4;1H3;1H;1H;;1H/q;;;;;;;;;;;;-1;;;;/b10-6+;;;;;;;;;;;;;;;;. The number of hydrogen-bond acceptors (Lipinski definition) is 19. The van der Waals surface area contributed by atoms with Gasteiger partial charge in [0.05, 0.1) is 47.5 Å². The summed E-state index contributed by atoms with van der Waals surface area (Å²) in [6.45, 7) is 11.6. The molecule has 0 aliphatic heterocycles. The largest absolute Gasteiger partial charge is 0.565 e. The number of nitrogens with two attached hydrogens (primary N) is 2. The second-order valence-corrected chi connectivity index (χ2v) is 15.1. The molecule has 0 fully saturated rings. The molecule has 8 rings (SSSR count). The maximum Gasteiger partial charge on any atom is 0.521 e. The number of nitro groups is 4. The van der Waals surface area contributed by atoms with E-state index in [-0.39, 0.29) is 113 Å². The average Bonchev–Trinajstić information content (AvgIpc) is 4.09. The zero-order valence-electron chi connectivity index (χ0n) is 42.7. The van der Waals surface area contributed by atoms with Gasteiger partial charge in [-0.1, -0.05) is 75.2 Å². The summed E-state index contributed by atoms with van der Waals surface area (Å²) in [6, 6.07) is 27.9. The number of fused-ring (bicyclic) bond motifs is 3. The van der Waals surface area contributed by atoms with Gasteiger partial charge in [0.15, 0.2) is 0 Å². The maximum absolute atomic E-state index is 10.7. The van der Waals surface area contributed by atoms with Crippen LogP contribution in [0.25, 0.3) is 32.7 Å². The molecule has 462 valence electrons. The predicted molar refractivity (Wildman–Crippen MR) is 333 cm³/mol. The zero-order valence-corrected chi connectivity index (χ0v) is 45.9. The molecule has 1 unspecified atom stereocenters. The van der Waals surface area contributed by atoms with Crippen LogP contribution in [-0.4, -0.2) is 64.1 Å². The number of nitrogen functional groups attached to an aromatic ring is 2. The van der Waals surface area contributed by atoms with E-state index in [1.807, 2.05) is 64.4 Å². The van der Waals surface area contributed by atoms with Crippen molar-refractivity contribution in [1.82, 2.24) is 15.0 Å². The number of benzene rings is 5. The summed E-state index contributed by atoms with van der Waals surface area (Å²) in [6.07, 6.45) is 9.64. The van der Waals surface area contributed by atoms with Crippen molar-refractivity contribution in [1.29, 1.82) is 0 Å². The van der Waals surface area contributed by atoms with Gasteiger partial charge in [-0.3, -0.25) is 51.7 Å². The third-order valence-corrected chi connectivity index (χ3v) is 9.19. The monoisotopic (exact) mass is 1280 g/mol. The van der Waals surface area contributed by atoms with Gasteiger partial charge in [0.25, 0.3) is 22.7 Å². The molecule has 0 radical (unpaired) electrons. The normalized spacial score (nSPS) is 8.98. The van der Waals surface area contributed by atoms with E-state index >= 15 is 0 Å². The van der Waals surface area contributed by atoms with Gasteiger partial charge in [-0.25, -0.2) is 5.26 Å². The molecule has 11 N–H and O–H groups in total. The minimum absolute atomic E-state index is 0. The molecule has 0 amide bonds. The smallest absolute Gasteiger partial charge is 0.521 e. The summed E-state index contributed by atoms with van der Waals surface area (Å²) >= 11 is 0. The van der Waals surface area contributed by atoms with E-state index in [4.69, 9.17) is 31.4 Å².